The molecular formula is C19H31F3N2O2S. The number of hydrogen-bond acceptors (Lipinski definition) is 4. The van der Waals surface area contributed by atoms with Crippen molar-refractivity contribution in [2.75, 3.05) is 39.0 Å². The van der Waals surface area contributed by atoms with Gasteiger partial charge >= 0.3 is 6.18 Å². The Morgan fingerprint density at radius 3 is 2.63 bits per heavy atom. The Bertz CT molecular complexity index is 597. The van der Waals surface area contributed by atoms with Crippen molar-refractivity contribution in [1.82, 2.24) is 10.2 Å². The number of nitrogens with one attached hydrogen (secondary N) is 1. The molecule has 1 aliphatic rings. The summed E-state index contributed by atoms with van der Waals surface area (Å²) in [6.45, 7) is 10.1. The fourth-order valence-corrected chi connectivity index (χ4v) is 3.60. The molecule has 1 aromatic carbocycles. The Kier molecular flexibility index (Phi) is 10.3. The van der Waals surface area contributed by atoms with Crippen LogP contribution in [0.4, 0.5) is 13.2 Å². The van der Waals surface area contributed by atoms with Crippen LogP contribution in [0.3, 0.4) is 0 Å². The number of ether oxygens (including phenoxy) is 1. The zero-order chi connectivity index (χ0) is 20.4. The number of nitrogens with zero attached hydrogens (tertiary/aromatic N) is 1. The highest BCUT2D eigenvalue weighted by atomic mass is 32.2. The Morgan fingerprint density at radius 2 is 2.04 bits per heavy atom. The van der Waals surface area contributed by atoms with Crippen molar-refractivity contribution in [3.63, 3.8) is 0 Å². The maximum absolute atomic E-state index is 13.1. The third-order valence-electron chi connectivity index (χ3n) is 4.18. The zero-order valence-corrected chi connectivity index (χ0v) is 17.4. The van der Waals surface area contributed by atoms with Gasteiger partial charge < -0.3 is 15.0 Å². The van der Waals surface area contributed by atoms with Crippen molar-refractivity contribution in [3.05, 3.63) is 23.8 Å². The summed E-state index contributed by atoms with van der Waals surface area (Å²) in [5, 5.41) is 3.33. The van der Waals surface area contributed by atoms with Gasteiger partial charge in [0.1, 0.15) is 12.4 Å². The molecule has 2 unspecified atom stereocenters. The molecule has 8 heteroatoms. The number of benzene rings is 1. The maximum atomic E-state index is 13.1. The van der Waals surface area contributed by atoms with Crippen molar-refractivity contribution in [1.29, 1.82) is 0 Å². The van der Waals surface area contributed by atoms with Crippen LogP contribution in [0.1, 0.15) is 39.2 Å². The lowest BCUT2D eigenvalue weighted by Crippen LogP contribution is -2.53. The number of hydrogen-bond donors (Lipinski definition) is 1. The average Bonchev–Trinajstić information content (AvgIpc) is 2.65. The second-order valence-corrected chi connectivity index (χ2v) is 7.57. The normalized spacial score (nSPS) is 19.1. The van der Waals surface area contributed by atoms with E-state index < -0.39 is 22.5 Å². The molecule has 0 bridgehead atoms. The van der Waals surface area contributed by atoms with Gasteiger partial charge in [-0.3, -0.25) is 4.21 Å². The monoisotopic (exact) mass is 408 g/mol. The van der Waals surface area contributed by atoms with Gasteiger partial charge in [-0.1, -0.05) is 27.2 Å². The predicted molar refractivity (Wildman–Crippen MR) is 104 cm³/mol. The van der Waals surface area contributed by atoms with Crippen LogP contribution in [0.5, 0.6) is 5.75 Å². The molecule has 2 atom stereocenters. The van der Waals surface area contributed by atoms with Crippen molar-refractivity contribution in [2.45, 2.75) is 50.7 Å². The number of piperazine rings is 1. The Labute approximate surface area is 162 Å². The van der Waals surface area contributed by atoms with E-state index in [0.717, 1.165) is 45.1 Å². The minimum atomic E-state index is -4.56. The SMILES string of the molecule is CC.CCCCN1CCNC(COc2ccc(S(C)=O)c(C(F)(F)F)c2)C1. The van der Waals surface area contributed by atoms with E-state index in [-0.39, 0.29) is 16.7 Å². The molecule has 4 nitrogen and oxygen atoms in total. The van der Waals surface area contributed by atoms with Gasteiger partial charge in [0, 0.05) is 25.9 Å². The summed E-state index contributed by atoms with van der Waals surface area (Å²) in [7, 11) is -1.71. The molecule has 0 spiro atoms. The van der Waals surface area contributed by atoms with Crippen LogP contribution in [0, 0.1) is 0 Å². The lowest BCUT2D eigenvalue weighted by atomic mass is 10.2. The number of unbranched alkanes of at least 4 members (excludes halogenated alkanes) is 1. The van der Waals surface area contributed by atoms with Crippen molar-refractivity contribution >= 4 is 10.8 Å². The summed E-state index contributed by atoms with van der Waals surface area (Å²) in [5.41, 5.74) is -0.896. The third kappa shape index (κ3) is 7.79. The van der Waals surface area contributed by atoms with Crippen LogP contribution in [-0.2, 0) is 17.0 Å². The summed E-state index contributed by atoms with van der Waals surface area (Å²) >= 11 is 0. The number of rotatable bonds is 7. The van der Waals surface area contributed by atoms with Crippen LogP contribution in [0.25, 0.3) is 0 Å². The molecule has 0 aromatic heterocycles. The largest absolute Gasteiger partial charge is 0.492 e. The fraction of sp³-hybridized carbons (Fsp3) is 0.684. The smallest absolute Gasteiger partial charge is 0.417 e. The van der Waals surface area contributed by atoms with Gasteiger partial charge in [0.05, 0.1) is 27.3 Å². The minimum absolute atomic E-state index is 0.0833. The number of halogens is 3. The van der Waals surface area contributed by atoms with Crippen LogP contribution in [0.15, 0.2) is 23.1 Å². The van der Waals surface area contributed by atoms with E-state index >= 15 is 0 Å². The number of alkyl halides is 3. The molecule has 1 N–H and O–H groups in total. The van der Waals surface area contributed by atoms with Gasteiger partial charge in [-0.15, -0.1) is 0 Å². The lowest BCUT2D eigenvalue weighted by Gasteiger charge is -2.33. The topological polar surface area (TPSA) is 41.6 Å². The van der Waals surface area contributed by atoms with Gasteiger partial charge in [-0.2, -0.15) is 13.2 Å². The summed E-state index contributed by atoms with van der Waals surface area (Å²) in [6.07, 6.45) is -1.04. The maximum Gasteiger partial charge on any atom is 0.417 e. The quantitative estimate of drug-likeness (QED) is 0.743. The molecule has 1 aliphatic heterocycles. The van der Waals surface area contributed by atoms with Gasteiger partial charge in [-0.25, -0.2) is 0 Å². The highest BCUT2D eigenvalue weighted by Gasteiger charge is 2.35. The molecular weight excluding hydrogens is 377 g/mol. The molecule has 0 aliphatic carbocycles. The average molecular weight is 409 g/mol. The fourth-order valence-electron chi connectivity index (χ4n) is 2.86. The summed E-state index contributed by atoms with van der Waals surface area (Å²) in [5.74, 6) is 0.147. The lowest BCUT2D eigenvalue weighted by molar-refractivity contribution is -0.139. The molecule has 2 rings (SSSR count). The van der Waals surface area contributed by atoms with E-state index in [4.69, 9.17) is 4.74 Å². The molecule has 0 amide bonds. The molecule has 27 heavy (non-hydrogen) atoms. The summed E-state index contributed by atoms with van der Waals surface area (Å²) < 4.78 is 56.5. The molecule has 156 valence electrons. The summed E-state index contributed by atoms with van der Waals surface area (Å²) in [4.78, 5) is 2.12. The highest BCUT2D eigenvalue weighted by molar-refractivity contribution is 7.84. The van der Waals surface area contributed by atoms with Crippen molar-refractivity contribution in [2.24, 2.45) is 0 Å². The highest BCUT2D eigenvalue weighted by Crippen LogP contribution is 2.35. The Hall–Kier alpha value is -1.12. The van der Waals surface area contributed by atoms with E-state index in [1.54, 1.807) is 0 Å². The molecule has 1 fully saturated rings. The molecule has 0 radical (unpaired) electrons. The first kappa shape index (κ1) is 23.9. The summed E-state index contributed by atoms with van der Waals surface area (Å²) in [6, 6.07) is 3.70. The van der Waals surface area contributed by atoms with Crippen molar-refractivity contribution < 1.29 is 22.1 Å². The first-order chi connectivity index (χ1) is 12.8. The first-order valence-corrected chi connectivity index (χ1v) is 11.0. The van der Waals surface area contributed by atoms with E-state index in [1.807, 2.05) is 13.8 Å². The van der Waals surface area contributed by atoms with Crippen LogP contribution < -0.4 is 10.1 Å². The van der Waals surface area contributed by atoms with Crippen molar-refractivity contribution in [3.8, 4) is 5.75 Å². The Balaban J connectivity index is 0.00000176. The van der Waals surface area contributed by atoms with Crippen LogP contribution >= 0.6 is 0 Å². The van der Waals surface area contributed by atoms with E-state index in [1.165, 1.54) is 18.4 Å². The van der Waals surface area contributed by atoms with E-state index in [2.05, 4.69) is 17.1 Å². The van der Waals surface area contributed by atoms with Gasteiger partial charge in [-0.05, 0) is 31.2 Å². The van der Waals surface area contributed by atoms with Gasteiger partial charge in [0.25, 0.3) is 0 Å². The third-order valence-corrected chi connectivity index (χ3v) is 5.16. The second-order valence-electron chi connectivity index (χ2n) is 6.23. The second kappa shape index (κ2) is 11.7. The Morgan fingerprint density at radius 1 is 1.33 bits per heavy atom. The van der Waals surface area contributed by atoms with Gasteiger partial charge in [0.15, 0.2) is 0 Å². The van der Waals surface area contributed by atoms with E-state index in [9.17, 15) is 17.4 Å². The molecule has 1 heterocycles. The molecule has 1 aromatic rings. The molecule has 0 saturated carbocycles. The standard InChI is InChI=1S/C17H25F3N2O2S.C2H6/c1-3-4-8-22-9-7-21-13(11-22)12-24-14-5-6-16(25(2)23)15(10-14)17(18,19)20;1-2/h5-6,10,13,21H,3-4,7-9,11-12H2,1-2H3;1-2H3. The van der Waals surface area contributed by atoms with Crippen LogP contribution in [0.2, 0.25) is 0 Å². The molecule has 1 saturated heterocycles. The first-order valence-electron chi connectivity index (χ1n) is 9.44. The minimum Gasteiger partial charge on any atom is -0.492 e. The van der Waals surface area contributed by atoms with E-state index in [0.29, 0.717) is 6.61 Å². The predicted octanol–water partition coefficient (Wildman–Crippen LogP) is 3.92. The zero-order valence-electron chi connectivity index (χ0n) is 16.6. The van der Waals surface area contributed by atoms with Gasteiger partial charge in [0.2, 0.25) is 0 Å². The van der Waals surface area contributed by atoms with Crippen LogP contribution in [-0.4, -0.2) is 54.2 Å².